The number of hydrogen-bond acceptors (Lipinski definition) is 3. The Kier molecular flexibility index (Phi) is 4.54. The number of allylic oxidation sites excluding steroid dienone is 2. The highest BCUT2D eigenvalue weighted by molar-refractivity contribution is 7.27. The maximum Gasteiger partial charge on any atom is 0.209 e. The van der Waals surface area contributed by atoms with Crippen molar-refractivity contribution in [2.75, 3.05) is 0 Å². The van der Waals surface area contributed by atoms with Gasteiger partial charge in [-0.1, -0.05) is 115 Å². The van der Waals surface area contributed by atoms with Gasteiger partial charge in [0.25, 0.3) is 0 Å². The Balaban J connectivity index is 1.49. The summed E-state index contributed by atoms with van der Waals surface area (Å²) < 4.78 is 5.01. The molecule has 7 aromatic rings. The van der Waals surface area contributed by atoms with Gasteiger partial charge in [-0.3, -0.25) is 4.57 Å². The maximum absolute atomic E-state index is 5.40. The lowest BCUT2D eigenvalue weighted by atomic mass is 9.95. The fourth-order valence-electron chi connectivity index (χ4n) is 6.52. The molecule has 9 rings (SSSR count). The van der Waals surface area contributed by atoms with E-state index in [2.05, 4.69) is 137 Å². The second-order valence-corrected chi connectivity index (χ2v) is 11.4. The zero-order chi connectivity index (χ0) is 26.2. The van der Waals surface area contributed by atoms with Gasteiger partial charge >= 0.3 is 0 Å². The molecule has 0 saturated carbocycles. The first kappa shape index (κ1) is 21.9. The first-order valence-electron chi connectivity index (χ1n) is 13.6. The molecule has 4 heteroatoms. The predicted molar refractivity (Wildman–Crippen MR) is 171 cm³/mol. The lowest BCUT2D eigenvalue weighted by Crippen LogP contribution is -2.42. The Morgan fingerprint density at radius 3 is 2.27 bits per heavy atom. The van der Waals surface area contributed by atoms with Crippen LogP contribution in [0.5, 0.6) is 0 Å². The van der Waals surface area contributed by atoms with Crippen molar-refractivity contribution in [2.24, 2.45) is 4.99 Å². The number of nitrogens with one attached hydrogen (secondary N) is 1. The molecule has 1 aliphatic heterocycles. The Morgan fingerprint density at radius 2 is 1.40 bits per heavy atom. The molecule has 5 aromatic carbocycles. The minimum absolute atomic E-state index is 0.0408. The van der Waals surface area contributed by atoms with Crippen LogP contribution in [0.25, 0.3) is 58.4 Å². The Labute approximate surface area is 234 Å². The Hall–Kier alpha value is -4.93. The van der Waals surface area contributed by atoms with Gasteiger partial charge in [-0.2, -0.15) is 0 Å². The van der Waals surface area contributed by atoms with Gasteiger partial charge in [0.2, 0.25) is 5.96 Å². The van der Waals surface area contributed by atoms with Crippen LogP contribution in [0, 0.1) is 0 Å². The van der Waals surface area contributed by atoms with Crippen LogP contribution in [-0.2, 0) is 0 Å². The Morgan fingerprint density at radius 1 is 0.675 bits per heavy atom. The standard InChI is InChI=1S/C36H23N3S/c1-2-12-22(13-3-1)33-25-16-6-9-19-28(25)37-36(38-33)39-29-20-10-7-17-26(29)31-23-14-4-5-15-24(23)35-32(34(31)39)27-18-8-11-21-30(27)40-35/h1-21,28H,(H,37,38). The SMILES string of the molecule is C1=CC2=C(c3ccccc3)N=C(n3c4ccccc4c4c5ccccc5c5sc6ccccc6c5c43)NC2C=C1. The van der Waals surface area contributed by atoms with E-state index in [-0.39, 0.29) is 6.04 Å². The van der Waals surface area contributed by atoms with Crippen LogP contribution in [-0.4, -0.2) is 16.6 Å². The maximum atomic E-state index is 5.40. The van der Waals surface area contributed by atoms with Crippen molar-refractivity contribution < 1.29 is 0 Å². The van der Waals surface area contributed by atoms with Crippen LogP contribution in [0.3, 0.4) is 0 Å². The van der Waals surface area contributed by atoms with Gasteiger partial charge in [-0.05, 0) is 17.5 Å². The van der Waals surface area contributed by atoms with Crippen LogP contribution in [0.2, 0.25) is 0 Å². The monoisotopic (exact) mass is 529 g/mol. The molecule has 0 fully saturated rings. The van der Waals surface area contributed by atoms with Crippen molar-refractivity contribution in [1.82, 2.24) is 9.88 Å². The normalized spacial score (nSPS) is 16.8. The van der Waals surface area contributed by atoms with Crippen LogP contribution < -0.4 is 5.32 Å². The minimum atomic E-state index is 0.0408. The van der Waals surface area contributed by atoms with E-state index in [1.807, 2.05) is 11.3 Å². The number of benzene rings is 5. The number of fused-ring (bicyclic) bond motifs is 11. The molecule has 1 atom stereocenters. The second kappa shape index (κ2) is 8.28. The molecule has 40 heavy (non-hydrogen) atoms. The number of rotatable bonds is 1. The first-order chi connectivity index (χ1) is 19.9. The summed E-state index contributed by atoms with van der Waals surface area (Å²) in [6, 6.07) is 37.0. The van der Waals surface area contributed by atoms with Gasteiger partial charge in [0.05, 0.1) is 22.8 Å². The second-order valence-electron chi connectivity index (χ2n) is 10.4. The molecule has 0 spiro atoms. The van der Waals surface area contributed by atoms with Crippen LogP contribution in [0.4, 0.5) is 0 Å². The molecule has 188 valence electrons. The average molecular weight is 530 g/mol. The van der Waals surface area contributed by atoms with Crippen molar-refractivity contribution in [2.45, 2.75) is 6.04 Å². The smallest absolute Gasteiger partial charge is 0.209 e. The molecule has 2 aliphatic rings. The van der Waals surface area contributed by atoms with Crippen molar-refractivity contribution in [3.05, 3.63) is 139 Å². The lowest BCUT2D eigenvalue weighted by molar-refractivity contribution is 0.805. The fourth-order valence-corrected chi connectivity index (χ4v) is 7.76. The number of aliphatic imine (C=N–C) groups is 1. The van der Waals surface area contributed by atoms with E-state index >= 15 is 0 Å². The number of thiophene rings is 1. The van der Waals surface area contributed by atoms with Crippen molar-refractivity contribution in [3.63, 3.8) is 0 Å². The molecule has 2 aromatic heterocycles. The number of hydrogen-bond donors (Lipinski definition) is 1. The molecule has 0 radical (unpaired) electrons. The molecule has 1 aliphatic carbocycles. The topological polar surface area (TPSA) is 29.3 Å². The zero-order valence-electron chi connectivity index (χ0n) is 21.5. The highest BCUT2D eigenvalue weighted by Crippen LogP contribution is 2.47. The summed E-state index contributed by atoms with van der Waals surface area (Å²) in [6.45, 7) is 0. The summed E-state index contributed by atoms with van der Waals surface area (Å²) in [5, 5.41) is 11.5. The molecule has 1 unspecified atom stereocenters. The fraction of sp³-hybridized carbons (Fsp3) is 0.0278. The number of para-hydroxylation sites is 1. The summed E-state index contributed by atoms with van der Waals surface area (Å²) in [7, 11) is 0. The molecular formula is C36H23N3S. The van der Waals surface area contributed by atoms with E-state index in [0.29, 0.717) is 0 Å². The van der Waals surface area contributed by atoms with Crippen LogP contribution in [0.1, 0.15) is 5.56 Å². The first-order valence-corrected chi connectivity index (χ1v) is 14.4. The van der Waals surface area contributed by atoms with E-state index < -0.39 is 0 Å². The van der Waals surface area contributed by atoms with E-state index in [1.165, 1.54) is 52.8 Å². The molecule has 0 saturated heterocycles. The number of nitrogens with zero attached hydrogens (tertiary/aromatic N) is 2. The molecular weight excluding hydrogens is 506 g/mol. The largest absolute Gasteiger partial charge is 0.345 e. The quantitative estimate of drug-likeness (QED) is 0.226. The highest BCUT2D eigenvalue weighted by atomic mass is 32.1. The van der Waals surface area contributed by atoms with E-state index in [9.17, 15) is 0 Å². The summed E-state index contributed by atoms with van der Waals surface area (Å²) in [5.41, 5.74) is 5.69. The molecule has 1 N–H and O–H groups in total. The lowest BCUT2D eigenvalue weighted by Gasteiger charge is -2.28. The summed E-state index contributed by atoms with van der Waals surface area (Å²) in [4.78, 5) is 5.40. The van der Waals surface area contributed by atoms with Gasteiger partial charge < -0.3 is 5.32 Å². The van der Waals surface area contributed by atoms with E-state index in [4.69, 9.17) is 4.99 Å². The summed E-state index contributed by atoms with van der Waals surface area (Å²) >= 11 is 1.88. The van der Waals surface area contributed by atoms with E-state index in [1.54, 1.807) is 0 Å². The van der Waals surface area contributed by atoms with Gasteiger partial charge in [-0.25, -0.2) is 4.99 Å². The summed E-state index contributed by atoms with van der Waals surface area (Å²) in [6.07, 6.45) is 8.64. The van der Waals surface area contributed by atoms with Crippen LogP contribution in [0.15, 0.2) is 138 Å². The molecule has 0 bridgehead atoms. The van der Waals surface area contributed by atoms with Gasteiger partial charge in [-0.15, -0.1) is 11.3 Å². The molecule has 3 heterocycles. The number of aromatic nitrogens is 1. The third-order valence-corrected chi connectivity index (χ3v) is 9.41. The van der Waals surface area contributed by atoms with Gasteiger partial charge in [0.15, 0.2) is 0 Å². The third-order valence-electron chi connectivity index (χ3n) is 8.21. The minimum Gasteiger partial charge on any atom is -0.345 e. The van der Waals surface area contributed by atoms with Gasteiger partial charge in [0, 0.05) is 47.5 Å². The Bertz CT molecular complexity index is 2290. The van der Waals surface area contributed by atoms with Crippen molar-refractivity contribution in [3.8, 4) is 0 Å². The van der Waals surface area contributed by atoms with E-state index in [0.717, 1.165) is 22.7 Å². The highest BCUT2D eigenvalue weighted by Gasteiger charge is 2.28. The van der Waals surface area contributed by atoms with Gasteiger partial charge in [0.1, 0.15) is 0 Å². The van der Waals surface area contributed by atoms with Crippen molar-refractivity contribution >= 4 is 75.7 Å². The third kappa shape index (κ3) is 2.97. The average Bonchev–Trinajstić information content (AvgIpc) is 3.58. The predicted octanol–water partition coefficient (Wildman–Crippen LogP) is 9.03. The van der Waals surface area contributed by atoms with Crippen molar-refractivity contribution in [1.29, 1.82) is 0 Å². The zero-order valence-corrected chi connectivity index (χ0v) is 22.3. The van der Waals surface area contributed by atoms with Crippen LogP contribution >= 0.6 is 11.3 Å². The molecule has 3 nitrogen and oxygen atoms in total. The summed E-state index contributed by atoms with van der Waals surface area (Å²) in [5.74, 6) is 0.852. The molecule has 0 amide bonds.